The molecule has 3 fully saturated rings. The smallest absolute Gasteiger partial charge is 0.0594 e. The summed E-state index contributed by atoms with van der Waals surface area (Å²) in [4.78, 5) is 2.69. The van der Waals surface area contributed by atoms with E-state index in [4.69, 9.17) is 4.74 Å². The van der Waals surface area contributed by atoms with Gasteiger partial charge in [-0.25, -0.2) is 0 Å². The van der Waals surface area contributed by atoms with E-state index in [2.05, 4.69) is 10.2 Å². The van der Waals surface area contributed by atoms with Gasteiger partial charge >= 0.3 is 0 Å². The Morgan fingerprint density at radius 1 is 1.07 bits per heavy atom. The second-order valence-corrected chi connectivity index (χ2v) is 5.23. The van der Waals surface area contributed by atoms with E-state index in [0.29, 0.717) is 0 Å². The van der Waals surface area contributed by atoms with Crippen LogP contribution in [0.1, 0.15) is 19.3 Å². The molecule has 1 aliphatic carbocycles. The molecular formula is C12H22N2O. The number of fused-ring (bicyclic) bond motifs is 1. The quantitative estimate of drug-likeness (QED) is 0.690. The first kappa shape index (κ1) is 10.1. The first-order chi connectivity index (χ1) is 7.45. The fourth-order valence-corrected chi connectivity index (χ4v) is 3.69. The van der Waals surface area contributed by atoms with Gasteiger partial charge in [0.15, 0.2) is 0 Å². The Morgan fingerprint density at radius 3 is 2.80 bits per heavy atom. The highest BCUT2D eigenvalue weighted by Crippen LogP contribution is 2.35. The fraction of sp³-hybridized carbons (Fsp3) is 1.00. The maximum Gasteiger partial charge on any atom is 0.0594 e. The van der Waals surface area contributed by atoms with Gasteiger partial charge in [0.25, 0.3) is 0 Å². The van der Waals surface area contributed by atoms with E-state index < -0.39 is 0 Å². The predicted octanol–water partition coefficient (Wildman–Crippen LogP) is 0.707. The van der Waals surface area contributed by atoms with Crippen molar-refractivity contribution in [3.8, 4) is 0 Å². The van der Waals surface area contributed by atoms with Crippen LogP contribution in [0.25, 0.3) is 0 Å². The first-order valence-electron chi connectivity index (χ1n) is 6.47. The van der Waals surface area contributed by atoms with Crippen LogP contribution in [0.4, 0.5) is 0 Å². The van der Waals surface area contributed by atoms with Crippen molar-refractivity contribution in [1.29, 1.82) is 0 Å². The zero-order chi connectivity index (χ0) is 10.1. The van der Waals surface area contributed by atoms with E-state index in [9.17, 15) is 0 Å². The highest BCUT2D eigenvalue weighted by Gasteiger charge is 2.39. The Bertz CT molecular complexity index is 216. The van der Waals surface area contributed by atoms with Crippen LogP contribution in [-0.2, 0) is 4.74 Å². The van der Waals surface area contributed by atoms with Gasteiger partial charge in [0.2, 0.25) is 0 Å². The monoisotopic (exact) mass is 210 g/mol. The molecule has 2 saturated heterocycles. The maximum absolute atomic E-state index is 5.44. The molecule has 0 aromatic heterocycles. The van der Waals surface area contributed by atoms with Crippen molar-refractivity contribution in [2.75, 3.05) is 39.4 Å². The molecule has 1 saturated carbocycles. The number of morpholine rings is 1. The van der Waals surface area contributed by atoms with Crippen LogP contribution < -0.4 is 5.32 Å². The molecule has 3 heteroatoms. The maximum atomic E-state index is 5.44. The Kier molecular flexibility index (Phi) is 2.95. The SMILES string of the molecule is C1C[C@@H]2CNC[C@@H]2[C@H](N2CCOCC2)C1. The fourth-order valence-electron chi connectivity index (χ4n) is 3.69. The Morgan fingerprint density at radius 2 is 1.93 bits per heavy atom. The molecule has 0 radical (unpaired) electrons. The second-order valence-electron chi connectivity index (χ2n) is 5.23. The van der Waals surface area contributed by atoms with E-state index in [-0.39, 0.29) is 0 Å². The topological polar surface area (TPSA) is 24.5 Å². The van der Waals surface area contributed by atoms with Gasteiger partial charge in [0, 0.05) is 19.1 Å². The average molecular weight is 210 g/mol. The number of nitrogens with one attached hydrogen (secondary N) is 1. The van der Waals surface area contributed by atoms with E-state index >= 15 is 0 Å². The lowest BCUT2D eigenvalue weighted by Crippen LogP contribution is -2.50. The molecule has 15 heavy (non-hydrogen) atoms. The van der Waals surface area contributed by atoms with Gasteiger partial charge in [-0.1, -0.05) is 6.42 Å². The molecule has 0 bridgehead atoms. The summed E-state index contributed by atoms with van der Waals surface area (Å²) in [6.07, 6.45) is 4.31. The van der Waals surface area contributed by atoms with Crippen molar-refractivity contribution < 1.29 is 4.74 Å². The van der Waals surface area contributed by atoms with Crippen LogP contribution in [-0.4, -0.2) is 50.3 Å². The molecule has 3 atom stereocenters. The molecular weight excluding hydrogens is 188 g/mol. The minimum absolute atomic E-state index is 0.850. The summed E-state index contributed by atoms with van der Waals surface area (Å²) in [5.41, 5.74) is 0. The Balaban J connectivity index is 1.67. The largest absolute Gasteiger partial charge is 0.379 e. The summed E-state index contributed by atoms with van der Waals surface area (Å²) in [5.74, 6) is 1.89. The molecule has 3 aliphatic rings. The van der Waals surface area contributed by atoms with Gasteiger partial charge in [-0.2, -0.15) is 0 Å². The first-order valence-corrected chi connectivity index (χ1v) is 6.47. The van der Waals surface area contributed by atoms with Crippen LogP contribution in [0, 0.1) is 11.8 Å². The van der Waals surface area contributed by atoms with Crippen molar-refractivity contribution in [1.82, 2.24) is 10.2 Å². The number of hydrogen-bond acceptors (Lipinski definition) is 3. The van der Waals surface area contributed by atoms with Crippen LogP contribution in [0.3, 0.4) is 0 Å². The van der Waals surface area contributed by atoms with Crippen molar-refractivity contribution in [2.24, 2.45) is 11.8 Å². The zero-order valence-electron chi connectivity index (χ0n) is 9.45. The van der Waals surface area contributed by atoms with E-state index in [0.717, 1.165) is 44.2 Å². The molecule has 0 amide bonds. The molecule has 1 N–H and O–H groups in total. The van der Waals surface area contributed by atoms with Crippen molar-refractivity contribution in [3.05, 3.63) is 0 Å². The highest BCUT2D eigenvalue weighted by atomic mass is 16.5. The number of hydrogen-bond donors (Lipinski definition) is 1. The van der Waals surface area contributed by atoms with E-state index in [1.165, 1.54) is 32.4 Å². The third kappa shape index (κ3) is 1.93. The summed E-state index contributed by atoms with van der Waals surface area (Å²) in [6.45, 7) is 6.74. The summed E-state index contributed by atoms with van der Waals surface area (Å²) in [5, 5.41) is 3.58. The average Bonchev–Trinajstić information content (AvgIpc) is 2.78. The van der Waals surface area contributed by atoms with Crippen LogP contribution >= 0.6 is 0 Å². The lowest BCUT2D eigenvalue weighted by molar-refractivity contribution is -0.0111. The molecule has 2 heterocycles. The van der Waals surface area contributed by atoms with Gasteiger partial charge in [-0.15, -0.1) is 0 Å². The predicted molar refractivity (Wildman–Crippen MR) is 59.9 cm³/mol. The zero-order valence-corrected chi connectivity index (χ0v) is 9.45. The standard InChI is InChI=1S/C12H22N2O/c1-2-10-8-13-9-11(10)12(3-1)14-4-6-15-7-5-14/h10-13H,1-9H2/t10-,11+,12-/m1/s1. The number of ether oxygens (including phenoxy) is 1. The van der Waals surface area contributed by atoms with E-state index in [1.807, 2.05) is 0 Å². The molecule has 3 rings (SSSR count). The third-order valence-corrected chi connectivity index (χ3v) is 4.48. The van der Waals surface area contributed by atoms with Crippen molar-refractivity contribution in [3.63, 3.8) is 0 Å². The summed E-state index contributed by atoms with van der Waals surface area (Å²) in [6, 6.07) is 0.850. The van der Waals surface area contributed by atoms with Gasteiger partial charge in [0.1, 0.15) is 0 Å². The molecule has 0 aromatic rings. The van der Waals surface area contributed by atoms with Crippen LogP contribution in [0.2, 0.25) is 0 Å². The normalized spacial score (nSPS) is 42.8. The minimum Gasteiger partial charge on any atom is -0.379 e. The molecule has 2 aliphatic heterocycles. The molecule has 3 nitrogen and oxygen atoms in total. The Hall–Kier alpha value is -0.120. The minimum atomic E-state index is 0.850. The molecule has 0 aromatic carbocycles. The highest BCUT2D eigenvalue weighted by molar-refractivity contribution is 4.94. The molecule has 0 spiro atoms. The molecule has 0 unspecified atom stereocenters. The van der Waals surface area contributed by atoms with E-state index in [1.54, 1.807) is 0 Å². The lowest BCUT2D eigenvalue weighted by atomic mass is 9.77. The van der Waals surface area contributed by atoms with Crippen molar-refractivity contribution in [2.45, 2.75) is 25.3 Å². The second kappa shape index (κ2) is 4.40. The van der Waals surface area contributed by atoms with Gasteiger partial charge in [-0.05, 0) is 37.8 Å². The van der Waals surface area contributed by atoms with Gasteiger partial charge < -0.3 is 10.1 Å². The summed E-state index contributed by atoms with van der Waals surface area (Å²) in [7, 11) is 0. The number of rotatable bonds is 1. The summed E-state index contributed by atoms with van der Waals surface area (Å²) >= 11 is 0. The van der Waals surface area contributed by atoms with Crippen LogP contribution in [0.5, 0.6) is 0 Å². The van der Waals surface area contributed by atoms with Gasteiger partial charge in [-0.3, -0.25) is 4.90 Å². The van der Waals surface area contributed by atoms with Crippen LogP contribution in [0.15, 0.2) is 0 Å². The van der Waals surface area contributed by atoms with Gasteiger partial charge in [0.05, 0.1) is 13.2 Å². The third-order valence-electron chi connectivity index (χ3n) is 4.48. The lowest BCUT2D eigenvalue weighted by Gasteiger charge is -2.42. The Labute approximate surface area is 92.2 Å². The summed E-state index contributed by atoms with van der Waals surface area (Å²) < 4.78 is 5.44. The van der Waals surface area contributed by atoms with Crippen molar-refractivity contribution >= 4 is 0 Å². The molecule has 86 valence electrons. The number of nitrogens with zero attached hydrogens (tertiary/aromatic N) is 1.